The van der Waals surface area contributed by atoms with Crippen molar-refractivity contribution in [2.75, 3.05) is 26.2 Å². The molecule has 1 fully saturated rings. The van der Waals surface area contributed by atoms with Crippen LogP contribution in [0.2, 0.25) is 0 Å². The van der Waals surface area contributed by atoms with Crippen molar-refractivity contribution in [2.45, 2.75) is 13.3 Å². The maximum atomic E-state index is 5.70. The number of rotatable bonds is 4. The molecule has 1 aliphatic heterocycles. The van der Waals surface area contributed by atoms with Gasteiger partial charge in [-0.2, -0.15) is 0 Å². The van der Waals surface area contributed by atoms with Crippen LogP contribution in [-0.4, -0.2) is 45.1 Å². The molecule has 1 aliphatic rings. The van der Waals surface area contributed by atoms with Gasteiger partial charge >= 0.3 is 0 Å². The number of benzene rings is 2. The lowest BCUT2D eigenvalue weighted by molar-refractivity contribution is 0.0868. The highest BCUT2D eigenvalue weighted by Crippen LogP contribution is 2.20. The van der Waals surface area contributed by atoms with E-state index in [1.807, 2.05) is 36.4 Å². The molecule has 144 valence electrons. The molecule has 0 atom stereocenters. The van der Waals surface area contributed by atoms with Gasteiger partial charge in [-0.25, -0.2) is 0 Å². The minimum absolute atomic E-state index is 0.528. The molecule has 0 unspecified atom stereocenters. The van der Waals surface area contributed by atoms with Crippen molar-refractivity contribution in [1.29, 1.82) is 0 Å². The van der Waals surface area contributed by atoms with Crippen LogP contribution in [0.1, 0.15) is 0 Å². The second-order valence-corrected chi connectivity index (χ2v) is 7.74. The van der Waals surface area contributed by atoms with Crippen molar-refractivity contribution in [3.8, 4) is 0 Å². The standard InChI is InChI=1S/C20H20N4O2S2/c27-19-23(15-5-1-3-7-17(15)25-19)13-21-9-11-22(12-10-21)14-24-16-6-2-4-8-18(16)26-20(24)28/h1-8H,9-14H2. The second-order valence-electron chi connectivity index (χ2n) is 7.05. The predicted molar refractivity (Wildman–Crippen MR) is 113 cm³/mol. The Morgan fingerprint density at radius 2 is 1.04 bits per heavy atom. The van der Waals surface area contributed by atoms with Crippen LogP contribution >= 0.6 is 24.4 Å². The predicted octanol–water partition coefficient (Wildman–Crippen LogP) is 4.47. The van der Waals surface area contributed by atoms with E-state index in [9.17, 15) is 0 Å². The van der Waals surface area contributed by atoms with E-state index in [4.69, 9.17) is 33.3 Å². The van der Waals surface area contributed by atoms with Gasteiger partial charge in [0.25, 0.3) is 9.67 Å². The minimum Gasteiger partial charge on any atom is -0.429 e. The fraction of sp³-hybridized carbons (Fsp3) is 0.300. The Morgan fingerprint density at radius 1 is 0.643 bits per heavy atom. The van der Waals surface area contributed by atoms with E-state index in [1.165, 1.54) is 0 Å². The van der Waals surface area contributed by atoms with Crippen LogP contribution in [0.25, 0.3) is 22.2 Å². The van der Waals surface area contributed by atoms with Gasteiger partial charge in [-0.15, -0.1) is 0 Å². The molecule has 28 heavy (non-hydrogen) atoms. The van der Waals surface area contributed by atoms with Crippen molar-refractivity contribution < 1.29 is 8.83 Å². The van der Waals surface area contributed by atoms with E-state index in [0.717, 1.165) is 61.7 Å². The number of fused-ring (bicyclic) bond motifs is 2. The van der Waals surface area contributed by atoms with Crippen molar-refractivity contribution in [1.82, 2.24) is 18.9 Å². The van der Waals surface area contributed by atoms with Crippen molar-refractivity contribution in [3.05, 3.63) is 58.2 Å². The highest BCUT2D eigenvalue weighted by atomic mass is 32.1. The fourth-order valence-electron chi connectivity index (χ4n) is 3.77. The van der Waals surface area contributed by atoms with Crippen LogP contribution in [0.4, 0.5) is 0 Å². The lowest BCUT2D eigenvalue weighted by Crippen LogP contribution is -2.47. The minimum atomic E-state index is 0.528. The number of hydrogen-bond acceptors (Lipinski definition) is 6. The number of piperazine rings is 1. The van der Waals surface area contributed by atoms with Gasteiger partial charge in [0, 0.05) is 26.2 Å². The van der Waals surface area contributed by atoms with Crippen LogP contribution < -0.4 is 0 Å². The van der Waals surface area contributed by atoms with E-state index in [0.29, 0.717) is 9.67 Å². The van der Waals surface area contributed by atoms with Gasteiger partial charge < -0.3 is 8.83 Å². The van der Waals surface area contributed by atoms with Gasteiger partial charge in [0.1, 0.15) is 0 Å². The third kappa shape index (κ3) is 3.22. The van der Waals surface area contributed by atoms with E-state index < -0.39 is 0 Å². The monoisotopic (exact) mass is 412 g/mol. The summed E-state index contributed by atoms with van der Waals surface area (Å²) in [7, 11) is 0. The van der Waals surface area contributed by atoms with E-state index in [1.54, 1.807) is 0 Å². The molecule has 0 saturated carbocycles. The van der Waals surface area contributed by atoms with Gasteiger partial charge in [0.15, 0.2) is 11.2 Å². The van der Waals surface area contributed by atoms with Gasteiger partial charge in [-0.05, 0) is 48.7 Å². The van der Waals surface area contributed by atoms with Crippen LogP contribution in [0, 0.1) is 9.67 Å². The summed E-state index contributed by atoms with van der Waals surface area (Å²) >= 11 is 10.8. The lowest BCUT2D eigenvalue weighted by atomic mass is 10.3. The first-order valence-corrected chi connectivity index (χ1v) is 10.1. The molecule has 0 aliphatic carbocycles. The Hall–Kier alpha value is -2.26. The molecule has 3 heterocycles. The average molecular weight is 413 g/mol. The molecule has 0 spiro atoms. The molecule has 2 aromatic carbocycles. The first-order valence-electron chi connectivity index (χ1n) is 9.30. The van der Waals surface area contributed by atoms with Gasteiger partial charge in [-0.3, -0.25) is 18.9 Å². The third-order valence-electron chi connectivity index (χ3n) is 5.30. The van der Waals surface area contributed by atoms with E-state index >= 15 is 0 Å². The van der Waals surface area contributed by atoms with Crippen molar-refractivity contribution in [2.24, 2.45) is 0 Å². The van der Waals surface area contributed by atoms with Crippen LogP contribution in [0.5, 0.6) is 0 Å². The Labute approximate surface area is 172 Å². The fourth-order valence-corrected chi connectivity index (χ4v) is 4.26. The summed E-state index contributed by atoms with van der Waals surface area (Å²) < 4.78 is 15.5. The van der Waals surface area contributed by atoms with Crippen LogP contribution in [0.15, 0.2) is 57.4 Å². The van der Waals surface area contributed by atoms with Crippen molar-refractivity contribution >= 4 is 46.6 Å². The molecule has 0 radical (unpaired) electrons. The summed E-state index contributed by atoms with van der Waals surface area (Å²) in [6.45, 7) is 5.35. The summed E-state index contributed by atoms with van der Waals surface area (Å²) in [5, 5.41) is 0. The Balaban J connectivity index is 1.27. The molecule has 0 amide bonds. The lowest BCUT2D eigenvalue weighted by Gasteiger charge is -2.34. The zero-order chi connectivity index (χ0) is 19.1. The summed E-state index contributed by atoms with van der Waals surface area (Å²) in [5.74, 6) is 0. The second kappa shape index (κ2) is 7.29. The Morgan fingerprint density at radius 3 is 1.46 bits per heavy atom. The topological polar surface area (TPSA) is 42.6 Å². The maximum absolute atomic E-state index is 5.70. The summed E-state index contributed by atoms with van der Waals surface area (Å²) in [6, 6.07) is 16.0. The van der Waals surface area contributed by atoms with Crippen molar-refractivity contribution in [3.63, 3.8) is 0 Å². The smallest absolute Gasteiger partial charge is 0.270 e. The quantitative estimate of drug-likeness (QED) is 0.461. The van der Waals surface area contributed by atoms with Crippen LogP contribution in [-0.2, 0) is 13.3 Å². The number of para-hydroxylation sites is 4. The molecular weight excluding hydrogens is 392 g/mol. The molecule has 0 N–H and O–H groups in total. The average Bonchev–Trinajstić information content (AvgIpc) is 3.20. The summed E-state index contributed by atoms with van der Waals surface area (Å²) in [5.41, 5.74) is 3.77. The SMILES string of the molecule is S=c1oc2ccccc2n1CN1CCN(Cn2c(=S)oc3ccccc32)CC1. The third-order valence-corrected chi connectivity index (χ3v) is 5.90. The molecule has 1 saturated heterocycles. The molecule has 8 heteroatoms. The first kappa shape index (κ1) is 17.8. The zero-order valence-corrected chi connectivity index (χ0v) is 16.9. The molecule has 0 bridgehead atoms. The van der Waals surface area contributed by atoms with E-state index in [-0.39, 0.29) is 0 Å². The molecule has 6 nitrogen and oxygen atoms in total. The molecule has 5 rings (SSSR count). The van der Waals surface area contributed by atoms with Gasteiger partial charge in [0.05, 0.1) is 24.4 Å². The summed E-state index contributed by atoms with van der Waals surface area (Å²) in [6.07, 6.45) is 0. The highest BCUT2D eigenvalue weighted by Gasteiger charge is 2.20. The number of hydrogen-bond donors (Lipinski definition) is 0. The van der Waals surface area contributed by atoms with Gasteiger partial charge in [0.2, 0.25) is 0 Å². The van der Waals surface area contributed by atoms with Gasteiger partial charge in [-0.1, -0.05) is 24.3 Å². The molecule has 2 aromatic heterocycles. The van der Waals surface area contributed by atoms with Crippen LogP contribution in [0.3, 0.4) is 0 Å². The molecular formula is C20H20N4O2S2. The molecule has 4 aromatic rings. The maximum Gasteiger partial charge on any atom is 0.270 e. The van der Waals surface area contributed by atoms with E-state index in [2.05, 4.69) is 31.1 Å². The Bertz CT molecular complexity index is 1150. The largest absolute Gasteiger partial charge is 0.429 e. The normalized spacial score (nSPS) is 16.3. The Kier molecular flexibility index (Phi) is 4.64. The highest BCUT2D eigenvalue weighted by molar-refractivity contribution is 7.71. The number of aromatic nitrogens is 2. The summed E-state index contributed by atoms with van der Waals surface area (Å²) in [4.78, 5) is 5.86. The first-order chi connectivity index (χ1) is 13.7. The number of nitrogens with zero attached hydrogens (tertiary/aromatic N) is 4. The zero-order valence-electron chi connectivity index (χ0n) is 15.3. The number of oxazole rings is 2.